The van der Waals surface area contributed by atoms with Gasteiger partial charge in [0, 0.05) is 5.69 Å². The maximum atomic E-state index is 11.8. The largest absolute Gasteiger partial charge is 0.397 e. The Bertz CT molecular complexity index is 572. The summed E-state index contributed by atoms with van der Waals surface area (Å²) < 4.78 is 23.6. The first-order chi connectivity index (χ1) is 8.76. The minimum absolute atomic E-state index is 0.323. The van der Waals surface area contributed by atoms with Crippen LogP contribution >= 0.6 is 11.6 Å². The molecule has 0 bridgehead atoms. The van der Waals surface area contributed by atoms with Gasteiger partial charge in [0.25, 0.3) is 0 Å². The minimum Gasteiger partial charge on any atom is -0.397 e. The maximum absolute atomic E-state index is 11.8. The molecule has 1 unspecified atom stereocenters. The summed E-state index contributed by atoms with van der Waals surface area (Å²) in [5.41, 5.74) is 6.34. The van der Waals surface area contributed by atoms with Gasteiger partial charge in [0.2, 0.25) is 5.91 Å². The molecule has 0 saturated carbocycles. The van der Waals surface area contributed by atoms with E-state index in [1.165, 1.54) is 12.1 Å². The van der Waals surface area contributed by atoms with Crippen LogP contribution in [0.4, 0.5) is 11.4 Å². The van der Waals surface area contributed by atoms with Crippen molar-refractivity contribution in [1.82, 2.24) is 0 Å². The van der Waals surface area contributed by atoms with Gasteiger partial charge < -0.3 is 11.1 Å². The van der Waals surface area contributed by atoms with Crippen LogP contribution in [0.1, 0.15) is 20.3 Å². The predicted molar refractivity (Wildman–Crippen MR) is 78.0 cm³/mol. The second-order valence-corrected chi connectivity index (χ2v) is 7.14. The van der Waals surface area contributed by atoms with Crippen LogP contribution in [0.5, 0.6) is 0 Å². The Morgan fingerprint density at radius 3 is 2.63 bits per heavy atom. The molecule has 106 valence electrons. The summed E-state index contributed by atoms with van der Waals surface area (Å²) in [4.78, 5) is 11.7. The van der Waals surface area contributed by atoms with E-state index in [9.17, 15) is 13.2 Å². The summed E-state index contributed by atoms with van der Waals surface area (Å²) in [5, 5.41) is 2.33. The summed E-state index contributed by atoms with van der Waals surface area (Å²) >= 11 is 5.75. The molecule has 1 atom stereocenters. The molecule has 1 aromatic carbocycles. The zero-order chi connectivity index (χ0) is 14.6. The molecule has 5 nitrogen and oxygen atoms in total. The van der Waals surface area contributed by atoms with Gasteiger partial charge in [0.1, 0.15) is 5.75 Å². The van der Waals surface area contributed by atoms with Crippen LogP contribution in [0, 0.1) is 0 Å². The van der Waals surface area contributed by atoms with Gasteiger partial charge in [-0.05, 0) is 31.5 Å². The van der Waals surface area contributed by atoms with E-state index in [-0.39, 0.29) is 0 Å². The van der Waals surface area contributed by atoms with Gasteiger partial charge in [-0.1, -0.05) is 18.5 Å². The number of hydrogen-bond acceptors (Lipinski definition) is 4. The number of amides is 1. The lowest BCUT2D eigenvalue weighted by Crippen LogP contribution is -2.29. The van der Waals surface area contributed by atoms with Crippen molar-refractivity contribution in [3.05, 3.63) is 23.2 Å². The summed E-state index contributed by atoms with van der Waals surface area (Å²) in [7, 11) is -3.42. The third-order valence-electron chi connectivity index (χ3n) is 2.80. The Kier molecular flexibility index (Phi) is 5.20. The molecule has 0 aromatic heterocycles. The fraction of sp³-hybridized carbons (Fsp3) is 0.417. The number of nitrogen functional groups attached to an aromatic ring is 1. The number of rotatable bonds is 5. The van der Waals surface area contributed by atoms with Crippen molar-refractivity contribution in [2.45, 2.75) is 25.5 Å². The molecular weight excluding hydrogens is 288 g/mol. The Morgan fingerprint density at radius 2 is 2.11 bits per heavy atom. The topological polar surface area (TPSA) is 89.3 Å². The SMILES string of the molecule is CCC(C)S(=O)(=O)CC(=O)Nc1ccc(Cl)c(N)c1. The van der Waals surface area contributed by atoms with Crippen molar-refractivity contribution < 1.29 is 13.2 Å². The third kappa shape index (κ3) is 4.40. The second kappa shape index (κ2) is 6.25. The summed E-state index contributed by atoms with van der Waals surface area (Å²) in [5.74, 6) is -1.12. The van der Waals surface area contributed by atoms with Gasteiger partial charge >= 0.3 is 0 Å². The molecule has 0 radical (unpaired) electrons. The number of carbonyl (C=O) groups excluding carboxylic acids is 1. The number of carbonyl (C=O) groups is 1. The van der Waals surface area contributed by atoms with Crippen LogP contribution < -0.4 is 11.1 Å². The van der Waals surface area contributed by atoms with E-state index in [1.807, 2.05) is 0 Å². The zero-order valence-electron chi connectivity index (χ0n) is 10.8. The number of sulfone groups is 1. The summed E-state index contributed by atoms with van der Waals surface area (Å²) in [6.45, 7) is 3.35. The highest BCUT2D eigenvalue weighted by Gasteiger charge is 2.22. The summed E-state index contributed by atoms with van der Waals surface area (Å²) in [6, 6.07) is 4.58. The monoisotopic (exact) mass is 304 g/mol. The van der Waals surface area contributed by atoms with E-state index in [0.29, 0.717) is 22.8 Å². The molecule has 0 aliphatic carbocycles. The Morgan fingerprint density at radius 1 is 1.47 bits per heavy atom. The molecule has 0 heterocycles. The van der Waals surface area contributed by atoms with Crippen LogP contribution in [0.3, 0.4) is 0 Å². The molecule has 3 N–H and O–H groups in total. The van der Waals surface area contributed by atoms with Gasteiger partial charge in [-0.15, -0.1) is 0 Å². The molecule has 7 heteroatoms. The molecule has 1 amide bonds. The Labute approximate surface area is 118 Å². The van der Waals surface area contributed by atoms with Crippen molar-refractivity contribution in [3.8, 4) is 0 Å². The van der Waals surface area contributed by atoms with Gasteiger partial charge in [-0.3, -0.25) is 4.79 Å². The standard InChI is InChI=1S/C12H17ClN2O3S/c1-3-8(2)19(17,18)7-12(16)15-9-4-5-10(13)11(14)6-9/h4-6,8H,3,7,14H2,1-2H3,(H,15,16). The van der Waals surface area contributed by atoms with Gasteiger partial charge in [-0.25, -0.2) is 8.42 Å². The maximum Gasteiger partial charge on any atom is 0.239 e. The number of benzene rings is 1. The smallest absolute Gasteiger partial charge is 0.239 e. The summed E-state index contributed by atoms with van der Waals surface area (Å²) in [6.07, 6.45) is 0.476. The van der Waals surface area contributed by atoms with Crippen LogP contribution in [-0.4, -0.2) is 25.3 Å². The van der Waals surface area contributed by atoms with Crippen molar-refractivity contribution in [1.29, 1.82) is 0 Å². The van der Waals surface area contributed by atoms with E-state index in [0.717, 1.165) is 0 Å². The first kappa shape index (κ1) is 15.8. The third-order valence-corrected chi connectivity index (χ3v) is 5.37. The second-order valence-electron chi connectivity index (χ2n) is 4.31. The van der Waals surface area contributed by atoms with Crippen molar-refractivity contribution in [2.24, 2.45) is 0 Å². The number of nitrogens with two attached hydrogens (primary N) is 1. The average Bonchev–Trinajstić information content (AvgIpc) is 2.32. The highest BCUT2D eigenvalue weighted by molar-refractivity contribution is 7.92. The molecule has 0 aliphatic heterocycles. The highest BCUT2D eigenvalue weighted by atomic mass is 35.5. The van der Waals surface area contributed by atoms with Gasteiger partial charge in [-0.2, -0.15) is 0 Å². The molecule has 0 spiro atoms. The first-order valence-corrected chi connectivity index (χ1v) is 7.92. The number of halogens is 1. The Balaban J connectivity index is 2.73. The number of hydrogen-bond donors (Lipinski definition) is 2. The predicted octanol–water partition coefficient (Wildman–Crippen LogP) is 2.07. The van der Waals surface area contributed by atoms with E-state index in [2.05, 4.69) is 5.32 Å². The van der Waals surface area contributed by atoms with Crippen molar-refractivity contribution >= 4 is 38.7 Å². The van der Waals surface area contributed by atoms with Crippen LogP contribution in [0.25, 0.3) is 0 Å². The molecule has 0 saturated heterocycles. The number of nitrogens with one attached hydrogen (secondary N) is 1. The van der Waals surface area contributed by atoms with Crippen LogP contribution in [0.15, 0.2) is 18.2 Å². The molecule has 1 aromatic rings. The molecule has 19 heavy (non-hydrogen) atoms. The fourth-order valence-electron chi connectivity index (χ4n) is 1.40. The lowest BCUT2D eigenvalue weighted by molar-refractivity contribution is -0.113. The van der Waals surface area contributed by atoms with Crippen LogP contribution in [0.2, 0.25) is 5.02 Å². The fourth-order valence-corrected chi connectivity index (χ4v) is 2.75. The van der Waals surface area contributed by atoms with Crippen molar-refractivity contribution in [2.75, 3.05) is 16.8 Å². The molecule has 1 rings (SSSR count). The van der Waals surface area contributed by atoms with Gasteiger partial charge in [0.15, 0.2) is 9.84 Å². The lowest BCUT2D eigenvalue weighted by atomic mass is 10.3. The van der Waals surface area contributed by atoms with Crippen LogP contribution in [-0.2, 0) is 14.6 Å². The van der Waals surface area contributed by atoms with E-state index < -0.39 is 26.7 Å². The van der Waals surface area contributed by atoms with E-state index in [4.69, 9.17) is 17.3 Å². The number of anilines is 2. The quantitative estimate of drug-likeness (QED) is 0.815. The Hall–Kier alpha value is -1.27. The highest BCUT2D eigenvalue weighted by Crippen LogP contribution is 2.22. The molecule has 0 fully saturated rings. The molecular formula is C12H17ClN2O3S. The van der Waals surface area contributed by atoms with Gasteiger partial charge in [0.05, 0.1) is 16.0 Å². The van der Waals surface area contributed by atoms with E-state index >= 15 is 0 Å². The van der Waals surface area contributed by atoms with Crippen molar-refractivity contribution in [3.63, 3.8) is 0 Å². The minimum atomic E-state index is -3.42. The lowest BCUT2D eigenvalue weighted by Gasteiger charge is -2.11. The van der Waals surface area contributed by atoms with E-state index in [1.54, 1.807) is 19.9 Å². The first-order valence-electron chi connectivity index (χ1n) is 5.82. The normalized spacial score (nSPS) is 13.0. The average molecular weight is 305 g/mol. The molecule has 0 aliphatic rings. The zero-order valence-corrected chi connectivity index (χ0v) is 12.4.